The SMILES string of the molecule is CCc1ccc(OCC(=O)N(C)CC(=O)Nc2ccccc2C(F)(F)F)cc1. The number of hydrogen-bond acceptors (Lipinski definition) is 3. The molecule has 0 aromatic heterocycles. The van der Waals surface area contributed by atoms with Crippen molar-refractivity contribution in [2.45, 2.75) is 19.5 Å². The molecule has 1 N–H and O–H groups in total. The highest BCUT2D eigenvalue weighted by atomic mass is 19.4. The lowest BCUT2D eigenvalue weighted by molar-refractivity contribution is -0.137. The summed E-state index contributed by atoms with van der Waals surface area (Å²) in [4.78, 5) is 25.2. The fourth-order valence-electron chi connectivity index (χ4n) is 2.41. The second-order valence-electron chi connectivity index (χ2n) is 6.13. The Bertz CT molecular complexity index is 820. The normalized spacial score (nSPS) is 11.0. The zero-order chi connectivity index (χ0) is 20.7. The fraction of sp³-hybridized carbons (Fsp3) is 0.300. The van der Waals surface area contributed by atoms with Crippen molar-refractivity contribution in [1.82, 2.24) is 4.90 Å². The van der Waals surface area contributed by atoms with E-state index in [-0.39, 0.29) is 12.3 Å². The van der Waals surface area contributed by atoms with Crippen LogP contribution in [0.4, 0.5) is 18.9 Å². The lowest BCUT2D eigenvalue weighted by Crippen LogP contribution is -2.37. The van der Waals surface area contributed by atoms with Crippen molar-refractivity contribution in [2.24, 2.45) is 0 Å². The number of hydrogen-bond donors (Lipinski definition) is 1. The summed E-state index contributed by atoms with van der Waals surface area (Å²) < 4.78 is 44.3. The monoisotopic (exact) mass is 394 g/mol. The minimum absolute atomic E-state index is 0.283. The van der Waals surface area contributed by atoms with E-state index in [1.807, 2.05) is 19.1 Å². The molecule has 0 saturated heterocycles. The minimum Gasteiger partial charge on any atom is -0.484 e. The van der Waals surface area contributed by atoms with Gasteiger partial charge in [-0.1, -0.05) is 31.2 Å². The Hall–Kier alpha value is -3.03. The molecule has 0 bridgehead atoms. The van der Waals surface area contributed by atoms with Gasteiger partial charge in [0.15, 0.2) is 6.61 Å². The summed E-state index contributed by atoms with van der Waals surface area (Å²) >= 11 is 0. The maximum Gasteiger partial charge on any atom is 0.418 e. The highest BCUT2D eigenvalue weighted by molar-refractivity contribution is 5.95. The van der Waals surface area contributed by atoms with Gasteiger partial charge >= 0.3 is 6.18 Å². The van der Waals surface area contributed by atoms with Gasteiger partial charge in [-0.15, -0.1) is 0 Å². The van der Waals surface area contributed by atoms with E-state index in [9.17, 15) is 22.8 Å². The van der Waals surface area contributed by atoms with Crippen LogP contribution in [0.3, 0.4) is 0 Å². The molecule has 5 nitrogen and oxygen atoms in total. The summed E-state index contributed by atoms with van der Waals surface area (Å²) in [6.45, 7) is 1.34. The summed E-state index contributed by atoms with van der Waals surface area (Å²) in [5, 5.41) is 2.20. The van der Waals surface area contributed by atoms with E-state index in [1.165, 1.54) is 19.2 Å². The van der Waals surface area contributed by atoms with Gasteiger partial charge in [-0.2, -0.15) is 13.2 Å². The third-order valence-corrected chi connectivity index (χ3v) is 4.01. The van der Waals surface area contributed by atoms with Crippen LogP contribution in [-0.2, 0) is 22.2 Å². The van der Waals surface area contributed by atoms with Crippen LogP contribution in [0.1, 0.15) is 18.1 Å². The number of alkyl halides is 3. The standard InChI is InChI=1S/C20H21F3N2O3/c1-3-14-8-10-15(11-9-14)28-13-19(27)25(2)12-18(26)24-17-7-5-4-6-16(17)20(21,22)23/h4-11H,3,12-13H2,1-2H3,(H,24,26). The number of ether oxygens (including phenoxy) is 1. The molecule has 28 heavy (non-hydrogen) atoms. The van der Waals surface area contributed by atoms with Crippen LogP contribution in [0, 0.1) is 0 Å². The predicted octanol–water partition coefficient (Wildman–Crippen LogP) is 3.74. The first kappa shape index (κ1) is 21.3. The maximum atomic E-state index is 13.0. The van der Waals surface area contributed by atoms with E-state index >= 15 is 0 Å². The molecule has 0 heterocycles. The Morgan fingerprint density at radius 3 is 2.32 bits per heavy atom. The molecule has 0 aliphatic carbocycles. The fourth-order valence-corrected chi connectivity index (χ4v) is 2.41. The van der Waals surface area contributed by atoms with Gasteiger partial charge in [0.25, 0.3) is 5.91 Å². The number of nitrogens with zero attached hydrogens (tertiary/aromatic N) is 1. The number of halogens is 3. The number of amides is 2. The number of nitrogens with one attached hydrogen (secondary N) is 1. The molecule has 2 rings (SSSR count). The summed E-state index contributed by atoms with van der Waals surface area (Å²) in [5.41, 5.74) is -0.170. The first-order valence-corrected chi connectivity index (χ1v) is 8.62. The molecular weight excluding hydrogens is 373 g/mol. The number of rotatable bonds is 7. The van der Waals surface area contributed by atoms with Gasteiger partial charge in [-0.25, -0.2) is 0 Å². The van der Waals surface area contributed by atoms with E-state index in [0.29, 0.717) is 5.75 Å². The second-order valence-corrected chi connectivity index (χ2v) is 6.13. The Morgan fingerprint density at radius 1 is 1.07 bits per heavy atom. The quantitative estimate of drug-likeness (QED) is 0.778. The van der Waals surface area contributed by atoms with Gasteiger partial charge in [0.05, 0.1) is 17.8 Å². The number of likely N-dealkylation sites (N-methyl/N-ethyl adjacent to an activating group) is 1. The van der Waals surface area contributed by atoms with E-state index in [1.54, 1.807) is 12.1 Å². The van der Waals surface area contributed by atoms with E-state index in [0.717, 1.165) is 29.0 Å². The number of benzene rings is 2. The molecule has 0 unspecified atom stereocenters. The Labute approximate surface area is 161 Å². The molecule has 0 fully saturated rings. The number of para-hydroxylation sites is 1. The summed E-state index contributed by atoms with van der Waals surface area (Å²) in [6, 6.07) is 11.9. The first-order valence-electron chi connectivity index (χ1n) is 8.62. The lowest BCUT2D eigenvalue weighted by Gasteiger charge is -2.18. The molecule has 0 aliphatic rings. The molecule has 0 saturated carbocycles. The van der Waals surface area contributed by atoms with Crippen LogP contribution < -0.4 is 10.1 Å². The van der Waals surface area contributed by atoms with Crippen LogP contribution in [0.15, 0.2) is 48.5 Å². The van der Waals surface area contributed by atoms with Crippen molar-refractivity contribution < 1.29 is 27.5 Å². The van der Waals surface area contributed by atoms with Crippen molar-refractivity contribution >= 4 is 17.5 Å². The molecule has 2 aromatic carbocycles. The molecule has 0 radical (unpaired) electrons. The van der Waals surface area contributed by atoms with Crippen molar-refractivity contribution in [2.75, 3.05) is 25.5 Å². The van der Waals surface area contributed by atoms with Crippen molar-refractivity contribution in [1.29, 1.82) is 0 Å². The number of aryl methyl sites for hydroxylation is 1. The van der Waals surface area contributed by atoms with Gasteiger partial charge in [-0.05, 0) is 36.2 Å². The summed E-state index contributed by atoms with van der Waals surface area (Å²) in [6.07, 6.45) is -3.71. The third-order valence-electron chi connectivity index (χ3n) is 4.01. The molecular formula is C20H21F3N2O3. The highest BCUT2D eigenvalue weighted by Crippen LogP contribution is 2.34. The number of carbonyl (C=O) groups is 2. The van der Waals surface area contributed by atoms with Gasteiger partial charge in [0.2, 0.25) is 5.91 Å². The van der Waals surface area contributed by atoms with E-state index in [2.05, 4.69) is 5.32 Å². The van der Waals surface area contributed by atoms with Gasteiger partial charge in [-0.3, -0.25) is 9.59 Å². The van der Waals surface area contributed by atoms with Crippen LogP contribution in [0.25, 0.3) is 0 Å². The molecule has 0 spiro atoms. The molecule has 0 atom stereocenters. The average molecular weight is 394 g/mol. The largest absolute Gasteiger partial charge is 0.484 e. The Kier molecular flexibility index (Phi) is 7.03. The smallest absolute Gasteiger partial charge is 0.418 e. The van der Waals surface area contributed by atoms with E-state index < -0.39 is 30.1 Å². The highest BCUT2D eigenvalue weighted by Gasteiger charge is 2.33. The van der Waals surface area contributed by atoms with Gasteiger partial charge in [0.1, 0.15) is 5.75 Å². The predicted molar refractivity (Wildman–Crippen MR) is 99.0 cm³/mol. The van der Waals surface area contributed by atoms with E-state index in [4.69, 9.17) is 4.74 Å². The van der Waals surface area contributed by atoms with Crippen molar-refractivity contribution in [3.05, 3.63) is 59.7 Å². The van der Waals surface area contributed by atoms with Gasteiger partial charge in [0, 0.05) is 7.05 Å². The lowest BCUT2D eigenvalue weighted by atomic mass is 10.1. The van der Waals surface area contributed by atoms with Crippen LogP contribution in [-0.4, -0.2) is 36.9 Å². The third kappa shape index (κ3) is 6.00. The number of anilines is 1. The summed E-state index contributed by atoms with van der Waals surface area (Å²) in [5.74, 6) is -0.693. The average Bonchev–Trinajstić information content (AvgIpc) is 2.65. The first-order chi connectivity index (χ1) is 13.2. The minimum atomic E-state index is -4.59. The maximum absolute atomic E-state index is 13.0. The van der Waals surface area contributed by atoms with Crippen molar-refractivity contribution in [3.63, 3.8) is 0 Å². The van der Waals surface area contributed by atoms with Crippen molar-refractivity contribution in [3.8, 4) is 5.75 Å². The Morgan fingerprint density at radius 2 is 1.71 bits per heavy atom. The zero-order valence-corrected chi connectivity index (χ0v) is 15.5. The zero-order valence-electron chi connectivity index (χ0n) is 15.5. The van der Waals surface area contributed by atoms with Crippen LogP contribution in [0.5, 0.6) is 5.75 Å². The molecule has 150 valence electrons. The van der Waals surface area contributed by atoms with Crippen LogP contribution in [0.2, 0.25) is 0 Å². The van der Waals surface area contributed by atoms with Gasteiger partial charge < -0.3 is 15.0 Å². The topological polar surface area (TPSA) is 58.6 Å². The molecule has 0 aliphatic heterocycles. The molecule has 2 aromatic rings. The summed E-state index contributed by atoms with van der Waals surface area (Å²) in [7, 11) is 1.38. The molecule has 2 amide bonds. The Balaban J connectivity index is 1.88. The molecule has 8 heteroatoms. The van der Waals surface area contributed by atoms with Crippen LogP contribution >= 0.6 is 0 Å². The number of carbonyl (C=O) groups excluding carboxylic acids is 2. The second kappa shape index (κ2) is 9.25.